The molecule has 0 unspecified atom stereocenters. The first kappa shape index (κ1) is 15.0. The van der Waals surface area contributed by atoms with Crippen LogP contribution in [0.1, 0.15) is 44.1 Å². The second-order valence-corrected chi connectivity index (χ2v) is 6.72. The van der Waals surface area contributed by atoms with E-state index in [0.29, 0.717) is 18.7 Å². The number of hydrogen-bond acceptors (Lipinski definition) is 2. The Bertz CT molecular complexity index is 439. The minimum atomic E-state index is -0.147. The van der Waals surface area contributed by atoms with Crippen LogP contribution < -0.4 is 0 Å². The second kappa shape index (κ2) is 6.89. The highest BCUT2D eigenvalue weighted by Crippen LogP contribution is 2.33. The van der Waals surface area contributed by atoms with Gasteiger partial charge in [0.05, 0.1) is 6.61 Å². The molecule has 1 aromatic rings. The minimum Gasteiger partial charge on any atom is -0.395 e. The zero-order valence-corrected chi connectivity index (χ0v) is 12.7. The number of aliphatic hydroxyl groups excluding tert-OH is 1. The van der Waals surface area contributed by atoms with Crippen molar-refractivity contribution >= 4 is 0 Å². The average molecular weight is 291 g/mol. The van der Waals surface area contributed by atoms with Gasteiger partial charge in [-0.25, -0.2) is 4.39 Å². The summed E-state index contributed by atoms with van der Waals surface area (Å²) in [5.41, 5.74) is 1.26. The molecule has 116 valence electrons. The number of aliphatic hydroxyl groups is 1. The van der Waals surface area contributed by atoms with Crippen LogP contribution in [-0.2, 0) is 6.42 Å². The van der Waals surface area contributed by atoms with Gasteiger partial charge >= 0.3 is 0 Å². The molecule has 1 saturated heterocycles. The molecular formula is C18H26FNO. The second-order valence-electron chi connectivity index (χ2n) is 6.72. The summed E-state index contributed by atoms with van der Waals surface area (Å²) in [5, 5.41) is 9.46. The number of rotatable bonds is 4. The van der Waals surface area contributed by atoms with Crippen molar-refractivity contribution in [3.63, 3.8) is 0 Å². The molecule has 0 aromatic heterocycles. The average Bonchev–Trinajstić information content (AvgIpc) is 2.99. The van der Waals surface area contributed by atoms with Crippen LogP contribution in [0.15, 0.2) is 24.3 Å². The Morgan fingerprint density at radius 3 is 2.43 bits per heavy atom. The molecule has 1 heterocycles. The summed E-state index contributed by atoms with van der Waals surface area (Å²) in [5.74, 6) is 0.591. The molecule has 1 N–H and O–H groups in total. The molecule has 2 aliphatic rings. The number of benzene rings is 1. The largest absolute Gasteiger partial charge is 0.395 e. The molecule has 1 aliphatic carbocycles. The molecule has 1 saturated carbocycles. The van der Waals surface area contributed by atoms with Crippen LogP contribution in [0.5, 0.6) is 0 Å². The van der Waals surface area contributed by atoms with Gasteiger partial charge in [-0.3, -0.25) is 4.90 Å². The Morgan fingerprint density at radius 2 is 1.76 bits per heavy atom. The standard InChI is InChI=1S/C18H26FNO/c19-16-7-3-14(4-8-16)12-15-5-9-17(10-6-15)20-11-1-2-18(20)13-21/h3-4,7-8,15,17-18,21H,1-2,5-6,9-13H2/t15?,17?,18-/m0/s1. The highest BCUT2D eigenvalue weighted by molar-refractivity contribution is 5.16. The van der Waals surface area contributed by atoms with E-state index >= 15 is 0 Å². The van der Waals surface area contributed by atoms with Gasteiger partial charge in [0, 0.05) is 12.1 Å². The van der Waals surface area contributed by atoms with E-state index in [9.17, 15) is 9.50 Å². The lowest BCUT2D eigenvalue weighted by Crippen LogP contribution is -2.42. The monoisotopic (exact) mass is 291 g/mol. The van der Waals surface area contributed by atoms with Crippen molar-refractivity contribution in [3.05, 3.63) is 35.6 Å². The normalized spacial score (nSPS) is 30.7. The summed E-state index contributed by atoms with van der Waals surface area (Å²) in [7, 11) is 0. The van der Waals surface area contributed by atoms with Gasteiger partial charge in [0.1, 0.15) is 5.82 Å². The van der Waals surface area contributed by atoms with Gasteiger partial charge in [0.25, 0.3) is 0 Å². The Hall–Kier alpha value is -0.930. The molecule has 0 amide bonds. The van der Waals surface area contributed by atoms with Gasteiger partial charge in [-0.15, -0.1) is 0 Å². The van der Waals surface area contributed by atoms with E-state index in [4.69, 9.17) is 0 Å². The van der Waals surface area contributed by atoms with E-state index in [1.165, 1.54) is 44.2 Å². The molecule has 0 spiro atoms. The van der Waals surface area contributed by atoms with Gasteiger partial charge in [-0.05, 0) is 75.1 Å². The Kier molecular flexibility index (Phi) is 4.91. The molecule has 0 radical (unpaired) electrons. The fourth-order valence-electron chi connectivity index (χ4n) is 4.17. The highest BCUT2D eigenvalue weighted by atomic mass is 19.1. The molecule has 1 aliphatic heterocycles. The zero-order chi connectivity index (χ0) is 14.7. The van der Waals surface area contributed by atoms with Crippen molar-refractivity contribution in [1.29, 1.82) is 0 Å². The molecule has 1 aromatic carbocycles. The van der Waals surface area contributed by atoms with E-state index in [1.807, 2.05) is 12.1 Å². The lowest BCUT2D eigenvalue weighted by molar-refractivity contribution is 0.0875. The van der Waals surface area contributed by atoms with Crippen LogP contribution in [0.4, 0.5) is 4.39 Å². The maximum atomic E-state index is 12.9. The van der Waals surface area contributed by atoms with Crippen molar-refractivity contribution in [2.45, 2.75) is 57.0 Å². The fourth-order valence-corrected chi connectivity index (χ4v) is 4.17. The van der Waals surface area contributed by atoms with Crippen LogP contribution in [-0.4, -0.2) is 35.2 Å². The lowest BCUT2D eigenvalue weighted by Gasteiger charge is -2.37. The Morgan fingerprint density at radius 1 is 1.05 bits per heavy atom. The van der Waals surface area contributed by atoms with Crippen molar-refractivity contribution in [2.75, 3.05) is 13.2 Å². The van der Waals surface area contributed by atoms with Crippen LogP contribution in [0.2, 0.25) is 0 Å². The quantitative estimate of drug-likeness (QED) is 0.919. The van der Waals surface area contributed by atoms with Gasteiger partial charge in [0.15, 0.2) is 0 Å². The van der Waals surface area contributed by atoms with Gasteiger partial charge in [-0.1, -0.05) is 12.1 Å². The third kappa shape index (κ3) is 3.64. The van der Waals surface area contributed by atoms with E-state index in [0.717, 1.165) is 18.8 Å². The third-order valence-corrected chi connectivity index (χ3v) is 5.36. The maximum absolute atomic E-state index is 12.9. The van der Waals surface area contributed by atoms with E-state index in [1.54, 1.807) is 12.1 Å². The van der Waals surface area contributed by atoms with Gasteiger partial charge < -0.3 is 5.11 Å². The van der Waals surface area contributed by atoms with Crippen molar-refractivity contribution < 1.29 is 9.50 Å². The van der Waals surface area contributed by atoms with Crippen LogP contribution in [0.3, 0.4) is 0 Å². The molecule has 2 fully saturated rings. The summed E-state index contributed by atoms with van der Waals surface area (Å²) in [6.45, 7) is 1.48. The first-order chi connectivity index (χ1) is 10.3. The fraction of sp³-hybridized carbons (Fsp3) is 0.667. The predicted molar refractivity (Wildman–Crippen MR) is 82.7 cm³/mol. The topological polar surface area (TPSA) is 23.5 Å². The van der Waals surface area contributed by atoms with Crippen LogP contribution in [0.25, 0.3) is 0 Å². The SMILES string of the molecule is OC[C@@H]1CCCN1C1CCC(Cc2ccc(F)cc2)CC1. The number of likely N-dealkylation sites (tertiary alicyclic amines) is 1. The summed E-state index contributed by atoms with van der Waals surface area (Å²) in [6, 6.07) is 8.05. The number of hydrogen-bond donors (Lipinski definition) is 1. The maximum Gasteiger partial charge on any atom is 0.123 e. The van der Waals surface area contributed by atoms with Crippen molar-refractivity contribution in [2.24, 2.45) is 5.92 Å². The predicted octanol–water partition coefficient (Wildman–Crippen LogP) is 3.38. The zero-order valence-electron chi connectivity index (χ0n) is 12.7. The molecular weight excluding hydrogens is 265 g/mol. The Labute approximate surface area is 127 Å². The van der Waals surface area contributed by atoms with E-state index in [-0.39, 0.29) is 5.82 Å². The number of halogens is 1. The lowest BCUT2D eigenvalue weighted by atomic mass is 9.81. The summed E-state index contributed by atoms with van der Waals surface area (Å²) < 4.78 is 12.9. The van der Waals surface area contributed by atoms with Crippen LogP contribution in [0, 0.1) is 11.7 Å². The third-order valence-electron chi connectivity index (χ3n) is 5.36. The van der Waals surface area contributed by atoms with E-state index in [2.05, 4.69) is 4.90 Å². The van der Waals surface area contributed by atoms with Crippen LogP contribution >= 0.6 is 0 Å². The molecule has 3 heteroatoms. The Balaban J connectivity index is 1.49. The minimum absolute atomic E-state index is 0.147. The number of nitrogens with zero attached hydrogens (tertiary/aromatic N) is 1. The molecule has 21 heavy (non-hydrogen) atoms. The molecule has 3 rings (SSSR count). The summed E-state index contributed by atoms with van der Waals surface area (Å²) in [4.78, 5) is 2.55. The van der Waals surface area contributed by atoms with Gasteiger partial charge in [0.2, 0.25) is 0 Å². The molecule has 2 nitrogen and oxygen atoms in total. The first-order valence-electron chi connectivity index (χ1n) is 8.37. The smallest absolute Gasteiger partial charge is 0.123 e. The summed E-state index contributed by atoms with van der Waals surface area (Å²) in [6.07, 6.45) is 8.50. The van der Waals surface area contributed by atoms with Gasteiger partial charge in [-0.2, -0.15) is 0 Å². The molecule has 1 atom stereocenters. The molecule has 0 bridgehead atoms. The summed E-state index contributed by atoms with van der Waals surface area (Å²) >= 11 is 0. The highest BCUT2D eigenvalue weighted by Gasteiger charge is 2.32. The van der Waals surface area contributed by atoms with E-state index < -0.39 is 0 Å². The first-order valence-corrected chi connectivity index (χ1v) is 8.37. The van der Waals surface area contributed by atoms with Crippen molar-refractivity contribution in [3.8, 4) is 0 Å². The van der Waals surface area contributed by atoms with Crippen molar-refractivity contribution in [1.82, 2.24) is 4.90 Å².